The molecule has 1 N–H and O–H groups in total. The molecule has 8 heteroatoms. The number of thioether (sulfide) groups is 1. The van der Waals surface area contributed by atoms with E-state index in [1.165, 1.54) is 18.2 Å². The number of benzene rings is 2. The number of anilines is 1. The monoisotopic (exact) mass is 396 g/mol. The van der Waals surface area contributed by atoms with Crippen molar-refractivity contribution in [3.8, 4) is 11.5 Å². The molecule has 0 bridgehead atoms. The van der Waals surface area contributed by atoms with E-state index in [2.05, 4.69) is 5.32 Å². The van der Waals surface area contributed by atoms with Crippen LogP contribution in [0, 0.1) is 5.82 Å². The third kappa shape index (κ3) is 3.83. The SMILES string of the molecule is COc1ccc(OC)c([C@@H]2SCCN2C(=O)Nc2ccc(F)c(Cl)c2)c1. The predicted molar refractivity (Wildman–Crippen MR) is 102 cm³/mol. The zero-order valence-electron chi connectivity index (χ0n) is 14.3. The van der Waals surface area contributed by atoms with Crippen LogP contribution in [-0.4, -0.2) is 37.4 Å². The molecule has 1 fully saturated rings. The lowest BCUT2D eigenvalue weighted by Crippen LogP contribution is -2.34. The number of methoxy groups -OCH3 is 2. The van der Waals surface area contributed by atoms with Crippen LogP contribution in [-0.2, 0) is 0 Å². The topological polar surface area (TPSA) is 50.8 Å². The third-order valence-electron chi connectivity index (χ3n) is 4.03. The fourth-order valence-corrected chi connectivity index (χ4v) is 4.19. The molecule has 2 aromatic carbocycles. The van der Waals surface area contributed by atoms with Crippen LogP contribution in [0.4, 0.5) is 14.9 Å². The van der Waals surface area contributed by atoms with Gasteiger partial charge >= 0.3 is 6.03 Å². The number of carbonyl (C=O) groups is 1. The minimum atomic E-state index is -0.527. The maximum absolute atomic E-state index is 13.3. The van der Waals surface area contributed by atoms with Crippen LogP contribution in [0.1, 0.15) is 10.9 Å². The van der Waals surface area contributed by atoms with E-state index in [1.54, 1.807) is 30.9 Å². The molecular weight excluding hydrogens is 379 g/mol. The summed E-state index contributed by atoms with van der Waals surface area (Å²) in [6.45, 7) is 0.580. The van der Waals surface area contributed by atoms with Gasteiger partial charge in [-0.2, -0.15) is 0 Å². The quantitative estimate of drug-likeness (QED) is 0.808. The first-order valence-corrected chi connectivity index (χ1v) is 9.32. The molecule has 0 unspecified atom stereocenters. The van der Waals surface area contributed by atoms with Gasteiger partial charge in [-0.25, -0.2) is 9.18 Å². The number of ether oxygens (including phenoxy) is 2. The number of amides is 2. The minimum absolute atomic E-state index is 0.0374. The Labute approximate surface area is 160 Å². The van der Waals surface area contributed by atoms with Crippen LogP contribution in [0.2, 0.25) is 5.02 Å². The summed E-state index contributed by atoms with van der Waals surface area (Å²) in [4.78, 5) is 14.4. The van der Waals surface area contributed by atoms with E-state index in [0.29, 0.717) is 23.7 Å². The van der Waals surface area contributed by atoms with Crippen LogP contribution in [0.15, 0.2) is 36.4 Å². The van der Waals surface area contributed by atoms with E-state index < -0.39 is 5.82 Å². The molecule has 1 aliphatic rings. The maximum atomic E-state index is 13.3. The fourth-order valence-electron chi connectivity index (χ4n) is 2.74. The lowest BCUT2D eigenvalue weighted by atomic mass is 10.1. The average molecular weight is 397 g/mol. The van der Waals surface area contributed by atoms with Crippen molar-refractivity contribution in [3.63, 3.8) is 0 Å². The first-order valence-electron chi connectivity index (χ1n) is 7.89. The normalized spacial score (nSPS) is 16.5. The second kappa shape index (κ2) is 8.05. The fraction of sp³-hybridized carbons (Fsp3) is 0.278. The van der Waals surface area contributed by atoms with Crippen molar-refractivity contribution in [2.45, 2.75) is 5.37 Å². The molecule has 0 radical (unpaired) electrons. The van der Waals surface area contributed by atoms with Crippen molar-refractivity contribution in [1.82, 2.24) is 4.90 Å². The van der Waals surface area contributed by atoms with Gasteiger partial charge in [0.05, 0.1) is 19.2 Å². The summed E-state index contributed by atoms with van der Waals surface area (Å²) >= 11 is 7.42. The van der Waals surface area contributed by atoms with Gasteiger partial charge in [0.15, 0.2) is 0 Å². The molecule has 1 saturated heterocycles. The molecule has 2 aromatic rings. The van der Waals surface area contributed by atoms with E-state index in [-0.39, 0.29) is 16.4 Å². The van der Waals surface area contributed by atoms with Crippen molar-refractivity contribution in [2.24, 2.45) is 0 Å². The molecule has 1 atom stereocenters. The Balaban J connectivity index is 1.83. The first-order chi connectivity index (χ1) is 12.5. The second-order valence-corrected chi connectivity index (χ2v) is 7.18. The minimum Gasteiger partial charge on any atom is -0.497 e. The Morgan fingerprint density at radius 2 is 2.08 bits per heavy atom. The summed E-state index contributed by atoms with van der Waals surface area (Å²) in [7, 11) is 3.19. The average Bonchev–Trinajstić information content (AvgIpc) is 3.14. The Hall–Kier alpha value is -2.12. The second-order valence-electron chi connectivity index (χ2n) is 5.58. The molecule has 0 saturated carbocycles. The summed E-state index contributed by atoms with van der Waals surface area (Å²) in [6, 6.07) is 9.31. The molecule has 0 aromatic heterocycles. The van der Waals surface area contributed by atoms with E-state index >= 15 is 0 Å². The van der Waals surface area contributed by atoms with Gasteiger partial charge in [-0.1, -0.05) is 11.6 Å². The van der Waals surface area contributed by atoms with Gasteiger partial charge in [-0.05, 0) is 36.4 Å². The summed E-state index contributed by atoms with van der Waals surface area (Å²) < 4.78 is 24.0. The van der Waals surface area contributed by atoms with E-state index in [1.807, 2.05) is 18.2 Å². The van der Waals surface area contributed by atoms with Crippen molar-refractivity contribution >= 4 is 35.1 Å². The van der Waals surface area contributed by atoms with Gasteiger partial charge in [-0.3, -0.25) is 0 Å². The van der Waals surface area contributed by atoms with Gasteiger partial charge in [0.25, 0.3) is 0 Å². The lowest BCUT2D eigenvalue weighted by Gasteiger charge is -2.26. The van der Waals surface area contributed by atoms with Gasteiger partial charge in [0.1, 0.15) is 22.7 Å². The van der Waals surface area contributed by atoms with Gasteiger partial charge in [-0.15, -0.1) is 11.8 Å². The number of halogens is 2. The van der Waals surface area contributed by atoms with E-state index in [4.69, 9.17) is 21.1 Å². The van der Waals surface area contributed by atoms with Crippen molar-refractivity contribution in [2.75, 3.05) is 31.8 Å². The number of carbonyl (C=O) groups excluding carboxylic acids is 1. The Morgan fingerprint density at radius 1 is 1.27 bits per heavy atom. The molecule has 1 heterocycles. The van der Waals surface area contributed by atoms with Gasteiger partial charge in [0.2, 0.25) is 0 Å². The number of hydrogen-bond donors (Lipinski definition) is 1. The number of nitrogens with one attached hydrogen (secondary N) is 1. The van der Waals surface area contributed by atoms with Crippen LogP contribution >= 0.6 is 23.4 Å². The van der Waals surface area contributed by atoms with Crippen molar-refractivity contribution < 1.29 is 18.7 Å². The molecule has 2 amide bonds. The Morgan fingerprint density at radius 3 is 2.77 bits per heavy atom. The molecule has 0 spiro atoms. The van der Waals surface area contributed by atoms with E-state index in [0.717, 1.165) is 11.3 Å². The number of rotatable bonds is 4. The highest BCUT2D eigenvalue weighted by atomic mass is 35.5. The maximum Gasteiger partial charge on any atom is 0.323 e. The summed E-state index contributed by atoms with van der Waals surface area (Å²) in [6.07, 6.45) is 0. The highest BCUT2D eigenvalue weighted by Gasteiger charge is 2.33. The van der Waals surface area contributed by atoms with Crippen LogP contribution in [0.25, 0.3) is 0 Å². The van der Waals surface area contributed by atoms with Crippen LogP contribution < -0.4 is 14.8 Å². The number of hydrogen-bond acceptors (Lipinski definition) is 4. The van der Waals surface area contributed by atoms with Gasteiger partial charge < -0.3 is 19.7 Å². The van der Waals surface area contributed by atoms with Crippen LogP contribution in [0.5, 0.6) is 11.5 Å². The molecule has 1 aliphatic heterocycles. The summed E-state index contributed by atoms with van der Waals surface area (Å²) in [5.41, 5.74) is 1.30. The highest BCUT2D eigenvalue weighted by molar-refractivity contribution is 7.99. The zero-order valence-corrected chi connectivity index (χ0v) is 15.9. The van der Waals surface area contributed by atoms with Crippen molar-refractivity contribution in [1.29, 1.82) is 0 Å². The van der Waals surface area contributed by atoms with Gasteiger partial charge in [0, 0.05) is 23.5 Å². The molecule has 138 valence electrons. The van der Waals surface area contributed by atoms with Crippen LogP contribution in [0.3, 0.4) is 0 Å². The standard InChI is InChI=1S/C18H18ClFN2O3S/c1-24-12-4-6-16(25-2)13(10-12)17-22(7-8-26-17)18(23)21-11-3-5-15(20)14(19)9-11/h3-6,9-10,17H,7-8H2,1-2H3,(H,21,23)/t17-/m0/s1. The molecule has 0 aliphatic carbocycles. The summed E-state index contributed by atoms with van der Waals surface area (Å²) in [5.74, 6) is 1.65. The molecule has 26 heavy (non-hydrogen) atoms. The largest absolute Gasteiger partial charge is 0.497 e. The number of nitrogens with zero attached hydrogens (tertiary/aromatic N) is 1. The predicted octanol–water partition coefficient (Wildman–Crippen LogP) is 4.78. The Kier molecular flexibility index (Phi) is 5.78. The smallest absolute Gasteiger partial charge is 0.323 e. The highest BCUT2D eigenvalue weighted by Crippen LogP contribution is 2.43. The third-order valence-corrected chi connectivity index (χ3v) is 5.56. The van der Waals surface area contributed by atoms with E-state index in [9.17, 15) is 9.18 Å². The molecule has 3 rings (SSSR count). The zero-order chi connectivity index (χ0) is 18.7. The molecule has 5 nitrogen and oxygen atoms in total. The Bertz CT molecular complexity index is 821. The van der Waals surface area contributed by atoms with Crippen molar-refractivity contribution in [3.05, 3.63) is 52.8 Å². The number of urea groups is 1. The first kappa shape index (κ1) is 18.7. The molecular formula is C18H18ClFN2O3S. The lowest BCUT2D eigenvalue weighted by molar-refractivity contribution is 0.213. The summed E-state index contributed by atoms with van der Waals surface area (Å²) in [5, 5.41) is 2.52.